The quantitative estimate of drug-likeness (QED) is 0.857. The predicted molar refractivity (Wildman–Crippen MR) is 85.6 cm³/mol. The summed E-state index contributed by atoms with van der Waals surface area (Å²) >= 11 is 0. The molecule has 1 aromatic heterocycles. The van der Waals surface area contributed by atoms with E-state index in [-0.39, 0.29) is 5.91 Å². The van der Waals surface area contributed by atoms with E-state index in [2.05, 4.69) is 22.5 Å². The Labute approximate surface area is 125 Å². The van der Waals surface area contributed by atoms with Crippen LogP contribution in [0.5, 0.6) is 0 Å². The summed E-state index contributed by atoms with van der Waals surface area (Å²) in [5, 5.41) is 6.20. The van der Waals surface area contributed by atoms with Crippen LogP contribution >= 0.6 is 0 Å². The van der Waals surface area contributed by atoms with Gasteiger partial charge in [0.15, 0.2) is 0 Å². The molecule has 0 bridgehead atoms. The number of hydrogen-bond acceptors (Lipinski definition) is 3. The Morgan fingerprint density at radius 2 is 1.95 bits per heavy atom. The molecular weight excluding hydrogens is 262 g/mol. The van der Waals surface area contributed by atoms with Crippen LogP contribution in [-0.2, 0) is 6.42 Å². The topological polar surface area (TPSA) is 54.0 Å². The molecule has 1 aromatic carbocycles. The molecule has 4 nitrogen and oxygen atoms in total. The van der Waals surface area contributed by atoms with Gasteiger partial charge in [-0.25, -0.2) is 0 Å². The minimum atomic E-state index is -0.0235. The Bertz CT molecular complexity index is 596. The van der Waals surface area contributed by atoms with E-state index in [1.54, 1.807) is 12.4 Å². The second-order valence-corrected chi connectivity index (χ2v) is 4.92. The number of amides is 1. The van der Waals surface area contributed by atoms with E-state index >= 15 is 0 Å². The van der Waals surface area contributed by atoms with Crippen molar-refractivity contribution in [3.05, 3.63) is 59.4 Å². The first-order chi connectivity index (χ1) is 10.2. The number of benzene rings is 1. The van der Waals surface area contributed by atoms with Gasteiger partial charge in [0.2, 0.25) is 0 Å². The lowest BCUT2D eigenvalue weighted by Gasteiger charge is -2.10. The number of nitrogens with one attached hydrogen (secondary N) is 2. The highest BCUT2D eigenvalue weighted by Crippen LogP contribution is 2.15. The predicted octanol–water partition coefficient (Wildman–Crippen LogP) is 2.79. The van der Waals surface area contributed by atoms with Gasteiger partial charge in [0.05, 0.1) is 0 Å². The number of carbonyl (C=O) groups is 1. The van der Waals surface area contributed by atoms with Crippen LogP contribution < -0.4 is 10.6 Å². The highest BCUT2D eigenvalue weighted by atomic mass is 16.1. The van der Waals surface area contributed by atoms with Crippen LogP contribution in [0.25, 0.3) is 0 Å². The van der Waals surface area contributed by atoms with Gasteiger partial charge in [0.1, 0.15) is 0 Å². The first-order valence-electron chi connectivity index (χ1n) is 7.22. The van der Waals surface area contributed by atoms with Crippen LogP contribution in [0, 0.1) is 6.92 Å². The van der Waals surface area contributed by atoms with Crippen molar-refractivity contribution in [2.24, 2.45) is 0 Å². The number of carbonyl (C=O) groups excluding carboxylic acids is 1. The van der Waals surface area contributed by atoms with Gasteiger partial charge in [-0.1, -0.05) is 0 Å². The summed E-state index contributed by atoms with van der Waals surface area (Å²) in [4.78, 5) is 16.2. The van der Waals surface area contributed by atoms with E-state index < -0.39 is 0 Å². The molecule has 0 saturated heterocycles. The maximum Gasteiger partial charge on any atom is 0.251 e. The van der Waals surface area contributed by atoms with Gasteiger partial charge < -0.3 is 10.6 Å². The average Bonchev–Trinajstić information content (AvgIpc) is 2.48. The average molecular weight is 283 g/mol. The zero-order chi connectivity index (χ0) is 15.1. The lowest BCUT2D eigenvalue weighted by atomic mass is 10.1. The molecule has 1 heterocycles. The van der Waals surface area contributed by atoms with E-state index in [9.17, 15) is 4.79 Å². The van der Waals surface area contributed by atoms with E-state index in [0.717, 1.165) is 29.8 Å². The summed E-state index contributed by atoms with van der Waals surface area (Å²) in [6.07, 6.45) is 4.34. The van der Waals surface area contributed by atoms with E-state index in [1.807, 2.05) is 37.3 Å². The molecule has 0 aliphatic rings. The van der Waals surface area contributed by atoms with Gasteiger partial charge in [-0.15, -0.1) is 0 Å². The van der Waals surface area contributed by atoms with Gasteiger partial charge in [-0.2, -0.15) is 0 Å². The molecular formula is C17H21N3O. The normalized spacial score (nSPS) is 10.2. The maximum absolute atomic E-state index is 12.2. The van der Waals surface area contributed by atoms with Crippen molar-refractivity contribution in [2.75, 3.05) is 18.4 Å². The fraction of sp³-hybridized carbons (Fsp3) is 0.294. The summed E-state index contributed by atoms with van der Waals surface area (Å²) in [7, 11) is 0. The smallest absolute Gasteiger partial charge is 0.251 e. The van der Waals surface area contributed by atoms with Crippen LogP contribution in [-0.4, -0.2) is 24.0 Å². The molecule has 0 radical (unpaired) electrons. The standard InChI is InChI=1S/C17H21N3O/c1-3-19-15-4-5-16(13(2)12-15)17(21)20-11-8-14-6-9-18-10-7-14/h4-7,9-10,12,19H,3,8,11H2,1-2H3,(H,20,21). The molecule has 2 aromatic rings. The van der Waals surface area contributed by atoms with Crippen molar-refractivity contribution in [3.63, 3.8) is 0 Å². The van der Waals surface area contributed by atoms with Crippen molar-refractivity contribution < 1.29 is 4.79 Å². The summed E-state index contributed by atoms with van der Waals surface area (Å²) in [6, 6.07) is 9.73. The van der Waals surface area contributed by atoms with Crippen LogP contribution in [0.3, 0.4) is 0 Å². The van der Waals surface area contributed by atoms with Crippen LogP contribution in [0.4, 0.5) is 5.69 Å². The molecule has 0 spiro atoms. The van der Waals surface area contributed by atoms with Crippen LogP contribution in [0.1, 0.15) is 28.4 Å². The molecule has 4 heteroatoms. The van der Waals surface area contributed by atoms with E-state index in [1.165, 1.54) is 5.56 Å². The lowest BCUT2D eigenvalue weighted by molar-refractivity contribution is 0.0953. The van der Waals surface area contributed by atoms with Gasteiger partial charge in [-0.3, -0.25) is 9.78 Å². The number of anilines is 1. The Hall–Kier alpha value is -2.36. The molecule has 2 rings (SSSR count). The third kappa shape index (κ3) is 4.31. The molecule has 1 amide bonds. The number of pyridine rings is 1. The Morgan fingerprint density at radius 3 is 2.62 bits per heavy atom. The lowest BCUT2D eigenvalue weighted by Crippen LogP contribution is -2.26. The van der Waals surface area contributed by atoms with Gasteiger partial charge >= 0.3 is 0 Å². The first-order valence-corrected chi connectivity index (χ1v) is 7.22. The Morgan fingerprint density at radius 1 is 1.19 bits per heavy atom. The summed E-state index contributed by atoms with van der Waals surface area (Å²) < 4.78 is 0. The fourth-order valence-corrected chi connectivity index (χ4v) is 2.20. The Kier molecular flexibility index (Phi) is 5.32. The minimum absolute atomic E-state index is 0.0235. The number of rotatable bonds is 6. The minimum Gasteiger partial charge on any atom is -0.385 e. The number of aromatic nitrogens is 1. The molecule has 2 N–H and O–H groups in total. The van der Waals surface area contributed by atoms with Crippen molar-refractivity contribution in [3.8, 4) is 0 Å². The fourth-order valence-electron chi connectivity index (χ4n) is 2.20. The summed E-state index contributed by atoms with van der Waals surface area (Å²) in [5.41, 5.74) is 3.93. The van der Waals surface area contributed by atoms with E-state index in [4.69, 9.17) is 0 Å². The molecule has 0 atom stereocenters. The van der Waals surface area contributed by atoms with E-state index in [0.29, 0.717) is 6.54 Å². The molecule has 0 saturated carbocycles. The third-order valence-corrected chi connectivity index (χ3v) is 3.30. The van der Waals surface area contributed by atoms with Gasteiger partial charge in [-0.05, 0) is 61.7 Å². The van der Waals surface area contributed by atoms with Crippen LogP contribution in [0.15, 0.2) is 42.7 Å². The summed E-state index contributed by atoms with van der Waals surface area (Å²) in [5.74, 6) is -0.0235. The maximum atomic E-state index is 12.2. The van der Waals surface area contributed by atoms with Crippen molar-refractivity contribution in [1.29, 1.82) is 0 Å². The van der Waals surface area contributed by atoms with Crippen molar-refractivity contribution >= 4 is 11.6 Å². The second-order valence-electron chi connectivity index (χ2n) is 4.92. The van der Waals surface area contributed by atoms with Gasteiger partial charge in [0, 0.05) is 36.7 Å². The highest BCUT2D eigenvalue weighted by Gasteiger charge is 2.08. The van der Waals surface area contributed by atoms with Crippen molar-refractivity contribution in [2.45, 2.75) is 20.3 Å². The highest BCUT2D eigenvalue weighted by molar-refractivity contribution is 5.96. The summed E-state index contributed by atoms with van der Waals surface area (Å²) in [6.45, 7) is 5.50. The molecule has 0 aliphatic carbocycles. The number of nitrogens with zero attached hydrogens (tertiary/aromatic N) is 1. The molecule has 0 aliphatic heterocycles. The number of aryl methyl sites for hydroxylation is 1. The zero-order valence-electron chi connectivity index (χ0n) is 12.5. The number of hydrogen-bond donors (Lipinski definition) is 2. The molecule has 110 valence electrons. The first kappa shape index (κ1) is 15.0. The third-order valence-electron chi connectivity index (χ3n) is 3.30. The Balaban J connectivity index is 1.91. The van der Waals surface area contributed by atoms with Crippen molar-refractivity contribution in [1.82, 2.24) is 10.3 Å². The SMILES string of the molecule is CCNc1ccc(C(=O)NCCc2ccncc2)c(C)c1. The monoisotopic (exact) mass is 283 g/mol. The van der Waals surface area contributed by atoms with Crippen LogP contribution in [0.2, 0.25) is 0 Å². The molecule has 21 heavy (non-hydrogen) atoms. The van der Waals surface area contributed by atoms with Gasteiger partial charge in [0.25, 0.3) is 5.91 Å². The molecule has 0 fully saturated rings. The zero-order valence-corrected chi connectivity index (χ0v) is 12.5. The second kappa shape index (κ2) is 7.43. The molecule has 0 unspecified atom stereocenters. The largest absolute Gasteiger partial charge is 0.385 e.